The molecule has 172 valence electrons. The Morgan fingerprint density at radius 3 is 1.97 bits per heavy atom. The smallest absolute Gasteiger partial charge is 0.872 e. The Hall–Kier alpha value is -2.39. The van der Waals surface area contributed by atoms with E-state index >= 15 is 0 Å². The van der Waals surface area contributed by atoms with Gasteiger partial charge in [0.2, 0.25) is 0 Å². The van der Waals surface area contributed by atoms with Gasteiger partial charge >= 0.3 is 16.8 Å². The zero-order valence-electron chi connectivity index (χ0n) is 18.1. The van der Waals surface area contributed by atoms with Crippen molar-refractivity contribution in [2.75, 3.05) is 39.4 Å². The summed E-state index contributed by atoms with van der Waals surface area (Å²) in [5.74, 6) is -0.328. The number of para-hydroxylation sites is 2. The Labute approximate surface area is 204 Å². The molecule has 3 rings (SSSR count). The quantitative estimate of drug-likeness (QED) is 0.355. The Kier molecular flexibility index (Phi) is 15.9. The fourth-order valence-corrected chi connectivity index (χ4v) is 2.79. The summed E-state index contributed by atoms with van der Waals surface area (Å²) in [6, 6.07) is 13.3. The summed E-state index contributed by atoms with van der Waals surface area (Å²) >= 11 is 3.70. The number of carbonyl (C=O) groups is 1. The van der Waals surface area contributed by atoms with Crippen LogP contribution in [0.15, 0.2) is 53.5 Å². The van der Waals surface area contributed by atoms with Crippen LogP contribution in [0.5, 0.6) is 11.5 Å². The van der Waals surface area contributed by atoms with E-state index in [9.17, 15) is 15.0 Å². The minimum absolute atomic E-state index is 0. The third kappa shape index (κ3) is 11.3. The average molecular weight is 499 g/mol. The third-order valence-electron chi connectivity index (χ3n) is 4.41. The van der Waals surface area contributed by atoms with Gasteiger partial charge in [-0.05, 0) is 19.4 Å². The van der Waals surface area contributed by atoms with E-state index in [0.717, 1.165) is 45.1 Å². The van der Waals surface area contributed by atoms with Crippen molar-refractivity contribution in [3.05, 3.63) is 65.1 Å². The van der Waals surface area contributed by atoms with Crippen LogP contribution >= 0.6 is 12.2 Å². The van der Waals surface area contributed by atoms with Gasteiger partial charge in [0.15, 0.2) is 5.78 Å². The summed E-state index contributed by atoms with van der Waals surface area (Å²) in [6.07, 6.45) is 0. The van der Waals surface area contributed by atoms with Crippen molar-refractivity contribution in [2.45, 2.75) is 13.8 Å². The first-order valence-corrected chi connectivity index (χ1v) is 10.2. The number of Topliss-reactive ketones (excluding diaryl/α,β-unsaturated/α-hetero) is 1. The van der Waals surface area contributed by atoms with E-state index < -0.39 is 0 Å². The number of benzene rings is 2. The summed E-state index contributed by atoms with van der Waals surface area (Å²) in [4.78, 5) is 17.5. The second kappa shape index (κ2) is 17.2. The fourth-order valence-electron chi connectivity index (χ4n) is 2.79. The van der Waals surface area contributed by atoms with E-state index in [0.29, 0.717) is 5.56 Å². The molecule has 0 unspecified atom stereocenters. The molecule has 1 aliphatic heterocycles. The standard InChI is InChI=1S/C14H20N2O2.C8H8O2.CNS.Co/c1-12(13-4-2-3-5-14(13)17)15-6-7-16-8-10-18-11-9-16;1-6(9)7-4-2-3-5-8(7)10;2-1-3;/h2-5,17H,6-11H2,1H3;2-5,10H,1H3;;/q;;-1;+3/p-2. The maximum Gasteiger partial charge on any atom is 3.00 e. The van der Waals surface area contributed by atoms with E-state index in [1.165, 1.54) is 24.2 Å². The average Bonchev–Trinajstić information content (AvgIpc) is 2.76. The molecule has 0 amide bonds. The molecule has 9 heteroatoms. The van der Waals surface area contributed by atoms with E-state index in [1.54, 1.807) is 24.3 Å². The number of hydrogen-bond donors (Lipinski definition) is 0. The van der Waals surface area contributed by atoms with Gasteiger partial charge in [-0.15, -0.1) is 0 Å². The molecular weight excluding hydrogens is 473 g/mol. The zero-order valence-corrected chi connectivity index (χ0v) is 19.9. The van der Waals surface area contributed by atoms with Crippen LogP contribution in [0.4, 0.5) is 0 Å². The summed E-state index contributed by atoms with van der Waals surface area (Å²) in [5.41, 5.74) is 1.80. The molecule has 0 aliphatic carbocycles. The number of rotatable bonds is 5. The summed E-state index contributed by atoms with van der Waals surface area (Å²) in [7, 11) is 0. The van der Waals surface area contributed by atoms with Crippen LogP contribution in [-0.4, -0.2) is 60.9 Å². The number of ketones is 1. The van der Waals surface area contributed by atoms with Crippen molar-refractivity contribution in [1.29, 1.82) is 0 Å². The minimum Gasteiger partial charge on any atom is -0.872 e. The van der Waals surface area contributed by atoms with Gasteiger partial charge < -0.3 is 20.4 Å². The molecule has 32 heavy (non-hydrogen) atoms. The Balaban J connectivity index is 0.000000583. The molecule has 0 bridgehead atoms. The van der Waals surface area contributed by atoms with Gasteiger partial charge in [-0.2, -0.15) is 5.16 Å². The third-order valence-corrected chi connectivity index (χ3v) is 4.41. The van der Waals surface area contributed by atoms with Crippen molar-refractivity contribution in [3.63, 3.8) is 0 Å². The van der Waals surface area contributed by atoms with E-state index in [-0.39, 0.29) is 39.6 Å². The van der Waals surface area contributed by atoms with Crippen molar-refractivity contribution in [3.8, 4) is 11.5 Å². The molecule has 0 aromatic heterocycles. The van der Waals surface area contributed by atoms with Gasteiger partial charge in [-0.3, -0.25) is 14.7 Å². The largest absolute Gasteiger partial charge is 3.00 e. The van der Waals surface area contributed by atoms with Crippen LogP contribution < -0.4 is 10.2 Å². The van der Waals surface area contributed by atoms with Crippen molar-refractivity contribution in [2.24, 2.45) is 4.99 Å². The number of isothiocyanates is 1. The molecule has 2 aromatic carbocycles. The molecular formula is C23H26CoN3O4S. The molecule has 1 fully saturated rings. The van der Waals surface area contributed by atoms with E-state index in [1.807, 2.05) is 19.1 Å². The van der Waals surface area contributed by atoms with Crippen LogP contribution in [0.1, 0.15) is 29.8 Å². The normalized spacial score (nSPS) is 13.2. The first kappa shape index (κ1) is 29.6. The van der Waals surface area contributed by atoms with Crippen molar-refractivity contribution < 1.29 is 36.5 Å². The maximum absolute atomic E-state index is 11.6. The fraction of sp³-hybridized carbons (Fsp3) is 0.348. The molecule has 0 saturated carbocycles. The number of nitrogens with zero attached hydrogens (tertiary/aromatic N) is 3. The van der Waals surface area contributed by atoms with Crippen LogP contribution in [0.3, 0.4) is 0 Å². The minimum atomic E-state index is -0.199. The Bertz CT molecular complexity index is 896. The number of morpholine rings is 1. The van der Waals surface area contributed by atoms with Gasteiger partial charge in [0.1, 0.15) is 0 Å². The van der Waals surface area contributed by atoms with Gasteiger partial charge in [-0.25, -0.2) is 0 Å². The maximum atomic E-state index is 11.6. The molecule has 0 atom stereocenters. The molecule has 0 spiro atoms. The molecule has 1 saturated heterocycles. The molecule has 1 aliphatic rings. The Morgan fingerprint density at radius 1 is 1.06 bits per heavy atom. The molecule has 1 heterocycles. The van der Waals surface area contributed by atoms with Gasteiger partial charge in [-0.1, -0.05) is 72.2 Å². The number of ether oxygens (including phenoxy) is 1. The van der Waals surface area contributed by atoms with E-state index in [2.05, 4.69) is 22.1 Å². The SMILES string of the molecule is CC(=NCCN1CCOCC1)c1ccccc1[O-].CC(=O)c1ccccc1[O-].[Co+3].[N-]=C=S. The number of aliphatic imine (C=N–C) groups is 1. The molecule has 2 aromatic rings. The van der Waals surface area contributed by atoms with Crippen LogP contribution in [-0.2, 0) is 21.5 Å². The molecule has 0 N–H and O–H groups in total. The van der Waals surface area contributed by atoms with Crippen LogP contribution in [0.25, 0.3) is 5.41 Å². The molecule has 7 nitrogen and oxygen atoms in total. The second-order valence-corrected chi connectivity index (χ2v) is 6.74. The van der Waals surface area contributed by atoms with Crippen LogP contribution in [0, 0.1) is 0 Å². The Morgan fingerprint density at radius 2 is 1.53 bits per heavy atom. The van der Waals surface area contributed by atoms with Gasteiger partial charge in [0.05, 0.1) is 19.8 Å². The van der Waals surface area contributed by atoms with Gasteiger partial charge in [0.25, 0.3) is 0 Å². The van der Waals surface area contributed by atoms with E-state index in [4.69, 9.17) is 10.1 Å². The topological polar surface area (TPSA) is 110 Å². The van der Waals surface area contributed by atoms with Crippen molar-refractivity contribution >= 4 is 28.9 Å². The summed E-state index contributed by atoms with van der Waals surface area (Å²) < 4.78 is 5.29. The molecule has 0 radical (unpaired) electrons. The number of carbonyl (C=O) groups excluding carboxylic acids is 1. The predicted molar refractivity (Wildman–Crippen MR) is 122 cm³/mol. The zero-order chi connectivity index (χ0) is 23.1. The summed E-state index contributed by atoms with van der Waals surface area (Å²) in [6.45, 7) is 8.53. The first-order valence-electron chi connectivity index (χ1n) is 9.76. The van der Waals surface area contributed by atoms with Crippen molar-refractivity contribution in [1.82, 2.24) is 4.90 Å². The van der Waals surface area contributed by atoms with Gasteiger partial charge in [0, 0.05) is 30.9 Å². The second-order valence-electron chi connectivity index (χ2n) is 6.56. The monoisotopic (exact) mass is 499 g/mol. The summed E-state index contributed by atoms with van der Waals surface area (Å²) in [5, 5.41) is 30.9. The number of hydrogen-bond acceptors (Lipinski definition) is 7. The predicted octanol–water partition coefficient (Wildman–Crippen LogP) is 2.52. The number of thiocarbonyl (C=S) groups is 1. The first-order chi connectivity index (χ1) is 14.9. The van der Waals surface area contributed by atoms with Crippen LogP contribution in [0.2, 0.25) is 0 Å².